The topological polar surface area (TPSA) is 98.0 Å². The van der Waals surface area contributed by atoms with Crippen LogP contribution in [0, 0.1) is 69.0 Å². The van der Waals surface area contributed by atoms with Gasteiger partial charge < -0.3 is 25.2 Å². The summed E-state index contributed by atoms with van der Waals surface area (Å²) in [6.07, 6.45) is 24.8. The fraction of sp³-hybridized carbons (Fsp3) is 0.884. The summed E-state index contributed by atoms with van der Waals surface area (Å²) in [6, 6.07) is 0. The maximum atomic E-state index is 11.2. The molecule has 0 radical (unpaired) electrons. The van der Waals surface area contributed by atoms with Crippen LogP contribution in [-0.4, -0.2) is 38.4 Å². The normalized spacial score (nSPS) is 53.3. The maximum Gasteiger partial charge on any atom is 0.106 e. The molecule has 0 heterocycles. The van der Waals surface area contributed by atoms with Crippen LogP contribution >= 0.6 is 0 Å². The molecule has 48 heavy (non-hydrogen) atoms. The molecule has 4 N–H and O–H groups in total. The fourth-order valence-corrected chi connectivity index (χ4v) is 15.2. The summed E-state index contributed by atoms with van der Waals surface area (Å²) in [5.41, 5.74) is -0.694. The van der Waals surface area contributed by atoms with E-state index in [1.807, 2.05) is 6.79 Å². The van der Waals surface area contributed by atoms with E-state index in [2.05, 4.69) is 53.7 Å². The summed E-state index contributed by atoms with van der Waals surface area (Å²) in [7, 11) is 0. The molecule has 0 aromatic rings. The zero-order valence-electron chi connectivity index (χ0n) is 31.4. The Morgan fingerprint density at radius 2 is 0.917 bits per heavy atom. The number of hydrogen-bond acceptors (Lipinski definition) is 5. The molecule has 5 heteroatoms. The highest BCUT2D eigenvalue weighted by Gasteiger charge is 2.66. The molecule has 272 valence electrons. The molecular weight excluding hydrogens is 596 g/mol. The van der Waals surface area contributed by atoms with Crippen LogP contribution in [0.5, 0.6) is 0 Å². The Morgan fingerprint density at radius 1 is 0.562 bits per heavy atom. The third kappa shape index (κ3) is 4.84. The molecular formula is C43H70O5. The Bertz CT molecular complexity index is 1170. The summed E-state index contributed by atoms with van der Waals surface area (Å²) in [4.78, 5) is 8.00. The van der Waals surface area contributed by atoms with Crippen molar-refractivity contribution < 1.29 is 25.2 Å². The van der Waals surface area contributed by atoms with Crippen molar-refractivity contribution in [1.82, 2.24) is 0 Å². The van der Waals surface area contributed by atoms with Crippen LogP contribution in [-0.2, 0) is 4.79 Å². The van der Waals surface area contributed by atoms with Gasteiger partial charge in [0.15, 0.2) is 0 Å². The third-order valence-corrected chi connectivity index (χ3v) is 18.4. The third-order valence-electron chi connectivity index (χ3n) is 18.4. The van der Waals surface area contributed by atoms with Gasteiger partial charge in [-0.3, -0.25) is 0 Å². The van der Waals surface area contributed by atoms with Crippen LogP contribution in [0.2, 0.25) is 0 Å². The first-order chi connectivity index (χ1) is 22.7. The van der Waals surface area contributed by atoms with Crippen molar-refractivity contribution in [3.8, 4) is 0 Å². The van der Waals surface area contributed by atoms with Gasteiger partial charge in [0, 0.05) is 10.8 Å². The van der Waals surface area contributed by atoms with Crippen LogP contribution in [0.4, 0.5) is 0 Å². The molecule has 6 saturated carbocycles. The number of rotatable bonds is 2. The molecule has 0 spiro atoms. The molecule has 0 saturated heterocycles. The monoisotopic (exact) mass is 667 g/mol. The van der Waals surface area contributed by atoms with E-state index in [4.69, 9.17) is 4.79 Å². The molecule has 0 aromatic carbocycles. The number of aliphatic hydroxyl groups is 4. The molecule has 0 amide bonds. The van der Waals surface area contributed by atoms with Gasteiger partial charge in [-0.2, -0.15) is 0 Å². The van der Waals surface area contributed by atoms with E-state index in [9.17, 15) is 20.4 Å². The largest absolute Gasteiger partial charge is 0.512 e. The quantitative estimate of drug-likeness (QED) is 0.235. The van der Waals surface area contributed by atoms with Crippen molar-refractivity contribution in [2.75, 3.05) is 0 Å². The Labute approximate surface area is 292 Å². The Morgan fingerprint density at radius 3 is 1.27 bits per heavy atom. The fourth-order valence-electron chi connectivity index (χ4n) is 15.2. The smallest absolute Gasteiger partial charge is 0.106 e. The van der Waals surface area contributed by atoms with Gasteiger partial charge in [0.2, 0.25) is 0 Å². The lowest BCUT2D eigenvalue weighted by atomic mass is 9.45. The second kappa shape index (κ2) is 12.7. The van der Waals surface area contributed by atoms with E-state index < -0.39 is 11.2 Å². The Hall–Kier alpha value is -1.33. The SMILES string of the molecule is C=O.CC[C@@]1(O)CC[C@H]2[C@@H]3CCC4CCC=C(O)[C@]4(C)[C@H]3CC[C@@]21C.CC[C@@]1(O)CC[C@H]2[C@@H]3CCC4CCC=C(O)[C@]4(C)[C@H]3CC[C@@]21C. The minimum atomic E-state index is -0.454. The predicted octanol–water partition coefficient (Wildman–Crippen LogP) is 10.3. The lowest BCUT2D eigenvalue weighted by molar-refractivity contribution is -0.145. The first kappa shape index (κ1) is 36.5. The van der Waals surface area contributed by atoms with Crippen molar-refractivity contribution in [2.24, 2.45) is 69.0 Å². The lowest BCUT2D eigenvalue weighted by Gasteiger charge is -2.60. The molecule has 2 unspecified atom stereocenters. The van der Waals surface area contributed by atoms with Crippen molar-refractivity contribution in [3.63, 3.8) is 0 Å². The van der Waals surface area contributed by atoms with Crippen molar-refractivity contribution in [3.05, 3.63) is 23.7 Å². The van der Waals surface area contributed by atoms with Gasteiger partial charge in [-0.15, -0.1) is 0 Å². The van der Waals surface area contributed by atoms with Gasteiger partial charge in [-0.05, 0) is 186 Å². The minimum Gasteiger partial charge on any atom is -0.512 e. The van der Waals surface area contributed by atoms with Gasteiger partial charge in [0.25, 0.3) is 0 Å². The van der Waals surface area contributed by atoms with Gasteiger partial charge in [-0.25, -0.2) is 0 Å². The number of carbonyl (C=O) groups excluding carboxylic acids is 1. The summed E-state index contributed by atoms with van der Waals surface area (Å²) in [5.74, 6) is 6.66. The summed E-state index contributed by atoms with van der Waals surface area (Å²) >= 11 is 0. The summed E-state index contributed by atoms with van der Waals surface area (Å²) in [5, 5.41) is 44.0. The summed E-state index contributed by atoms with van der Waals surface area (Å²) in [6.45, 7) is 15.8. The van der Waals surface area contributed by atoms with Crippen LogP contribution in [0.1, 0.15) is 157 Å². The number of allylic oxidation sites excluding steroid dienone is 4. The molecule has 8 aliphatic rings. The number of fused-ring (bicyclic) bond motifs is 10. The first-order valence-corrected chi connectivity index (χ1v) is 20.3. The highest BCUT2D eigenvalue weighted by atomic mass is 16.3. The maximum absolute atomic E-state index is 11.2. The molecule has 8 rings (SSSR count). The lowest BCUT2D eigenvalue weighted by Crippen LogP contribution is -2.56. The first-order valence-electron chi connectivity index (χ1n) is 20.3. The number of hydrogen-bond donors (Lipinski definition) is 4. The molecule has 0 aliphatic heterocycles. The number of carbonyl (C=O) groups is 1. The Kier molecular flexibility index (Phi) is 9.66. The van der Waals surface area contributed by atoms with Crippen LogP contribution in [0.25, 0.3) is 0 Å². The second-order valence-corrected chi connectivity index (χ2v) is 19.0. The van der Waals surface area contributed by atoms with Crippen molar-refractivity contribution in [2.45, 2.75) is 168 Å². The highest BCUT2D eigenvalue weighted by Crippen LogP contribution is 2.70. The zero-order valence-corrected chi connectivity index (χ0v) is 31.4. The zero-order chi connectivity index (χ0) is 34.9. The van der Waals surface area contributed by atoms with Crippen molar-refractivity contribution in [1.29, 1.82) is 0 Å². The number of aliphatic hydroxyl groups excluding tert-OH is 2. The van der Waals surface area contributed by atoms with E-state index in [0.29, 0.717) is 58.9 Å². The average molecular weight is 667 g/mol. The standard InChI is InChI=1S/2C21H34O2.CH2O/c2*1-4-21(23)13-11-16-15-9-8-14-6-5-7-18(22)20(14,3)17(15)10-12-19(16,21)2;1-2/h2*7,14-17,22-23H,4-6,8-13H2,1-3H3;1H2/t2*14?,15-,16-,17-,19-,20-,21+;/m00./s1. The highest BCUT2D eigenvalue weighted by molar-refractivity contribution is 5.22. The van der Waals surface area contributed by atoms with Crippen LogP contribution in [0.3, 0.4) is 0 Å². The summed E-state index contributed by atoms with van der Waals surface area (Å²) < 4.78 is 0. The van der Waals surface area contributed by atoms with E-state index in [-0.39, 0.29) is 21.7 Å². The molecule has 5 nitrogen and oxygen atoms in total. The van der Waals surface area contributed by atoms with Crippen molar-refractivity contribution >= 4 is 6.79 Å². The van der Waals surface area contributed by atoms with E-state index in [1.54, 1.807) is 0 Å². The van der Waals surface area contributed by atoms with Gasteiger partial charge in [0.1, 0.15) is 6.79 Å². The molecule has 6 fully saturated rings. The Balaban J connectivity index is 0.000000159. The second-order valence-electron chi connectivity index (χ2n) is 19.0. The average Bonchev–Trinajstić information content (AvgIpc) is 3.53. The molecule has 8 aliphatic carbocycles. The van der Waals surface area contributed by atoms with Gasteiger partial charge >= 0.3 is 0 Å². The molecule has 14 atom stereocenters. The van der Waals surface area contributed by atoms with Gasteiger partial charge in [-0.1, -0.05) is 41.5 Å². The predicted molar refractivity (Wildman–Crippen MR) is 193 cm³/mol. The molecule has 0 bridgehead atoms. The van der Waals surface area contributed by atoms with E-state index in [1.165, 1.54) is 64.2 Å². The minimum absolute atomic E-state index is 0.00934. The van der Waals surface area contributed by atoms with E-state index >= 15 is 0 Å². The van der Waals surface area contributed by atoms with Crippen LogP contribution in [0.15, 0.2) is 23.7 Å². The van der Waals surface area contributed by atoms with Crippen LogP contribution < -0.4 is 0 Å². The molecule has 0 aromatic heterocycles. The van der Waals surface area contributed by atoms with Gasteiger partial charge in [0.05, 0.1) is 22.7 Å². The van der Waals surface area contributed by atoms with E-state index in [0.717, 1.165) is 51.4 Å².